The molecule has 0 aliphatic heterocycles. The lowest BCUT2D eigenvalue weighted by molar-refractivity contribution is -0.127. The van der Waals surface area contributed by atoms with Gasteiger partial charge in [0.25, 0.3) is 5.91 Å². The minimum atomic E-state index is -0.850. The number of esters is 1. The summed E-state index contributed by atoms with van der Waals surface area (Å²) < 4.78 is 10.9. The first kappa shape index (κ1) is 23.6. The van der Waals surface area contributed by atoms with Crippen LogP contribution in [0.25, 0.3) is 0 Å². The smallest absolute Gasteiger partial charge is 0.343 e. The zero-order valence-corrected chi connectivity index (χ0v) is 19.0. The van der Waals surface area contributed by atoms with Crippen LogP contribution < -0.4 is 14.9 Å². The van der Waals surface area contributed by atoms with Crippen LogP contribution >= 0.6 is 34.8 Å². The number of halogens is 3. The van der Waals surface area contributed by atoms with E-state index in [0.29, 0.717) is 37.7 Å². The summed E-state index contributed by atoms with van der Waals surface area (Å²) in [5, 5.41) is 5.20. The molecule has 3 aromatic rings. The number of benzene rings is 3. The number of nitrogens with one attached hydrogen (secondary N) is 1. The van der Waals surface area contributed by atoms with Crippen LogP contribution in [0.2, 0.25) is 15.1 Å². The fourth-order valence-corrected chi connectivity index (χ4v) is 3.07. The van der Waals surface area contributed by atoms with Crippen molar-refractivity contribution in [2.45, 2.75) is 13.0 Å². The Morgan fingerprint density at radius 1 is 0.969 bits per heavy atom. The maximum atomic E-state index is 12.2. The SMILES string of the molecule is CC(Oc1ccc(Cl)cc1Cl)C(=O)N/N=C/c1cccc(OC(=O)c2ccc(Cl)cc2)c1. The number of hydrogen-bond acceptors (Lipinski definition) is 5. The molecule has 0 aliphatic rings. The number of hydrogen-bond donors (Lipinski definition) is 1. The van der Waals surface area contributed by atoms with Gasteiger partial charge in [-0.15, -0.1) is 0 Å². The van der Waals surface area contributed by atoms with Gasteiger partial charge in [0.1, 0.15) is 11.5 Å². The molecule has 164 valence electrons. The number of hydrazone groups is 1. The maximum absolute atomic E-state index is 12.2. The van der Waals surface area contributed by atoms with E-state index in [1.165, 1.54) is 12.3 Å². The second-order valence-corrected chi connectivity index (χ2v) is 7.82. The van der Waals surface area contributed by atoms with Gasteiger partial charge < -0.3 is 9.47 Å². The lowest BCUT2D eigenvalue weighted by atomic mass is 10.2. The Bertz CT molecular complexity index is 1150. The highest BCUT2D eigenvalue weighted by Crippen LogP contribution is 2.28. The molecule has 0 spiro atoms. The molecule has 1 atom stereocenters. The molecule has 0 saturated carbocycles. The second-order valence-electron chi connectivity index (χ2n) is 6.54. The average Bonchev–Trinajstić information content (AvgIpc) is 2.76. The molecule has 0 radical (unpaired) electrons. The van der Waals surface area contributed by atoms with E-state index < -0.39 is 18.0 Å². The van der Waals surface area contributed by atoms with Gasteiger partial charge in [0.2, 0.25) is 0 Å². The van der Waals surface area contributed by atoms with Crippen LogP contribution in [0, 0.1) is 0 Å². The van der Waals surface area contributed by atoms with E-state index in [-0.39, 0.29) is 0 Å². The van der Waals surface area contributed by atoms with Gasteiger partial charge in [0.15, 0.2) is 6.10 Å². The van der Waals surface area contributed by atoms with Gasteiger partial charge in [-0.3, -0.25) is 4.79 Å². The molecular weight excluding hydrogens is 475 g/mol. The van der Waals surface area contributed by atoms with Crippen molar-refractivity contribution in [3.63, 3.8) is 0 Å². The summed E-state index contributed by atoms with van der Waals surface area (Å²) in [6, 6.07) is 17.8. The first-order chi connectivity index (χ1) is 15.3. The van der Waals surface area contributed by atoms with Crippen LogP contribution in [0.3, 0.4) is 0 Å². The van der Waals surface area contributed by atoms with Crippen molar-refractivity contribution in [2.75, 3.05) is 0 Å². The number of amides is 1. The first-order valence-corrected chi connectivity index (χ1v) is 10.5. The Kier molecular flexibility index (Phi) is 8.11. The summed E-state index contributed by atoms with van der Waals surface area (Å²) in [5.41, 5.74) is 3.37. The Labute approximate surface area is 199 Å². The normalized spacial score (nSPS) is 11.8. The first-order valence-electron chi connectivity index (χ1n) is 9.34. The van der Waals surface area contributed by atoms with E-state index >= 15 is 0 Å². The van der Waals surface area contributed by atoms with E-state index in [1.54, 1.807) is 67.6 Å². The van der Waals surface area contributed by atoms with Gasteiger partial charge in [-0.1, -0.05) is 46.9 Å². The number of carbonyl (C=O) groups excluding carboxylic acids is 2. The highest BCUT2D eigenvalue weighted by atomic mass is 35.5. The highest BCUT2D eigenvalue weighted by molar-refractivity contribution is 6.35. The van der Waals surface area contributed by atoms with Crippen molar-refractivity contribution in [3.8, 4) is 11.5 Å². The highest BCUT2D eigenvalue weighted by Gasteiger charge is 2.15. The molecular formula is C23H17Cl3N2O4. The van der Waals surface area contributed by atoms with Gasteiger partial charge in [-0.2, -0.15) is 5.10 Å². The summed E-state index contributed by atoms with van der Waals surface area (Å²) in [6.07, 6.45) is 0.567. The predicted molar refractivity (Wildman–Crippen MR) is 125 cm³/mol. The molecule has 0 bridgehead atoms. The van der Waals surface area contributed by atoms with Crippen LogP contribution in [-0.4, -0.2) is 24.2 Å². The van der Waals surface area contributed by atoms with Crippen LogP contribution in [0.5, 0.6) is 11.5 Å². The summed E-state index contributed by atoms with van der Waals surface area (Å²) >= 11 is 17.7. The van der Waals surface area contributed by atoms with Gasteiger partial charge in [0, 0.05) is 10.0 Å². The molecule has 0 saturated heterocycles. The molecule has 1 N–H and O–H groups in total. The zero-order chi connectivity index (χ0) is 23.1. The van der Waals surface area contributed by atoms with Crippen LogP contribution in [0.15, 0.2) is 71.8 Å². The number of rotatable bonds is 7. The lowest BCUT2D eigenvalue weighted by Gasteiger charge is -2.14. The quantitative estimate of drug-likeness (QED) is 0.197. The minimum absolute atomic E-state index is 0.297. The molecule has 32 heavy (non-hydrogen) atoms. The maximum Gasteiger partial charge on any atom is 0.343 e. The van der Waals surface area contributed by atoms with E-state index in [9.17, 15) is 9.59 Å². The monoisotopic (exact) mass is 490 g/mol. The van der Waals surface area contributed by atoms with Gasteiger partial charge in [0.05, 0.1) is 16.8 Å². The van der Waals surface area contributed by atoms with Gasteiger partial charge in [-0.25, -0.2) is 10.2 Å². The third kappa shape index (κ3) is 6.72. The Morgan fingerprint density at radius 2 is 1.69 bits per heavy atom. The molecule has 0 aromatic heterocycles. The molecule has 0 aliphatic carbocycles. The Balaban J connectivity index is 1.56. The summed E-state index contributed by atoms with van der Waals surface area (Å²) in [7, 11) is 0. The van der Waals surface area contributed by atoms with Crippen molar-refractivity contribution in [3.05, 3.63) is 92.9 Å². The Morgan fingerprint density at radius 3 is 2.41 bits per heavy atom. The predicted octanol–water partition coefficient (Wildman–Crippen LogP) is 5.78. The molecule has 1 amide bonds. The molecule has 9 heteroatoms. The number of nitrogens with zero attached hydrogens (tertiary/aromatic N) is 1. The average molecular weight is 492 g/mol. The molecule has 0 heterocycles. The van der Waals surface area contributed by atoms with E-state index in [4.69, 9.17) is 44.3 Å². The topological polar surface area (TPSA) is 77.0 Å². The van der Waals surface area contributed by atoms with Gasteiger partial charge >= 0.3 is 5.97 Å². The van der Waals surface area contributed by atoms with Crippen LogP contribution in [0.4, 0.5) is 0 Å². The summed E-state index contributed by atoms with van der Waals surface area (Å²) in [4.78, 5) is 24.4. The van der Waals surface area contributed by atoms with Crippen LogP contribution in [0.1, 0.15) is 22.8 Å². The number of carbonyl (C=O) groups is 2. The van der Waals surface area contributed by atoms with E-state index in [1.807, 2.05) is 0 Å². The molecule has 0 fully saturated rings. The second kappa shape index (κ2) is 11.0. The third-order valence-corrected chi connectivity index (χ3v) is 4.89. The fraction of sp³-hybridized carbons (Fsp3) is 0.0870. The van der Waals surface area contributed by atoms with Crippen molar-refractivity contribution >= 4 is 52.9 Å². The van der Waals surface area contributed by atoms with Crippen molar-refractivity contribution in [1.29, 1.82) is 0 Å². The standard InChI is InChI=1S/C23H17Cl3N2O4/c1-14(31-21-10-9-18(25)12-20(21)26)22(29)28-27-13-15-3-2-4-19(11-15)32-23(30)16-5-7-17(24)8-6-16/h2-14H,1H3,(H,28,29)/b27-13+. The van der Waals surface area contributed by atoms with E-state index in [2.05, 4.69) is 10.5 Å². The van der Waals surface area contributed by atoms with E-state index in [0.717, 1.165) is 0 Å². The Hall–Kier alpha value is -3.06. The lowest BCUT2D eigenvalue weighted by Crippen LogP contribution is -2.33. The molecule has 3 aromatic carbocycles. The van der Waals surface area contributed by atoms with Crippen molar-refractivity contribution in [1.82, 2.24) is 5.43 Å². The van der Waals surface area contributed by atoms with Crippen molar-refractivity contribution < 1.29 is 19.1 Å². The zero-order valence-electron chi connectivity index (χ0n) is 16.7. The third-order valence-electron chi connectivity index (χ3n) is 4.10. The van der Waals surface area contributed by atoms with Crippen LogP contribution in [-0.2, 0) is 4.79 Å². The molecule has 6 nitrogen and oxygen atoms in total. The molecule has 1 unspecified atom stereocenters. The largest absolute Gasteiger partial charge is 0.479 e. The van der Waals surface area contributed by atoms with Crippen molar-refractivity contribution in [2.24, 2.45) is 5.10 Å². The molecule has 3 rings (SSSR count). The summed E-state index contributed by atoms with van der Waals surface area (Å²) in [6.45, 7) is 1.56. The van der Waals surface area contributed by atoms with Gasteiger partial charge in [-0.05, 0) is 67.1 Å². The fourth-order valence-electron chi connectivity index (χ4n) is 2.49. The number of ether oxygens (including phenoxy) is 2. The summed E-state index contributed by atoms with van der Waals surface area (Å²) in [5.74, 6) is -0.333. The minimum Gasteiger partial charge on any atom is -0.479 e.